The summed E-state index contributed by atoms with van der Waals surface area (Å²) in [5.41, 5.74) is 0.0707. The van der Waals surface area contributed by atoms with Crippen LogP contribution in [0.5, 0.6) is 0 Å². The maximum absolute atomic E-state index is 14.0. The van der Waals surface area contributed by atoms with E-state index in [1.54, 1.807) is 12.1 Å². The molecule has 0 unspecified atom stereocenters. The van der Waals surface area contributed by atoms with Crippen molar-refractivity contribution in [1.29, 1.82) is 0 Å². The minimum atomic E-state index is -0.452. The Kier molecular flexibility index (Phi) is 3.14. The number of benzene rings is 1. The van der Waals surface area contributed by atoms with Gasteiger partial charge in [-0.1, -0.05) is 6.07 Å². The van der Waals surface area contributed by atoms with Crippen molar-refractivity contribution < 1.29 is 9.18 Å². The first-order valence-electron chi connectivity index (χ1n) is 7.81. The summed E-state index contributed by atoms with van der Waals surface area (Å²) in [5, 5.41) is 3.21. The standard InChI is InChI=1S/C17H19BrFNO/c18-13-2-1-3-14(19)15(13)16(21)20-17-7-10-4-11(8-17)6-12(5-10)9-17/h1-3,10-12H,4-9H2,(H,20,21). The van der Waals surface area contributed by atoms with Crippen molar-refractivity contribution in [2.45, 2.75) is 44.1 Å². The lowest BCUT2D eigenvalue weighted by Gasteiger charge is -2.56. The van der Waals surface area contributed by atoms with Crippen LogP contribution in [0.1, 0.15) is 48.9 Å². The molecule has 2 nitrogen and oxygen atoms in total. The molecule has 0 aromatic heterocycles. The zero-order valence-corrected chi connectivity index (χ0v) is 13.5. The molecule has 0 atom stereocenters. The van der Waals surface area contributed by atoms with Crippen LogP contribution in [-0.2, 0) is 0 Å². The summed E-state index contributed by atoms with van der Waals surface area (Å²) in [6, 6.07) is 4.68. The lowest BCUT2D eigenvalue weighted by molar-refractivity contribution is -0.0167. The van der Waals surface area contributed by atoms with E-state index in [9.17, 15) is 9.18 Å². The van der Waals surface area contributed by atoms with Gasteiger partial charge in [0.15, 0.2) is 0 Å². The van der Waals surface area contributed by atoms with Gasteiger partial charge in [0.2, 0.25) is 0 Å². The minimum absolute atomic E-state index is 0.0758. The molecule has 4 aliphatic rings. The topological polar surface area (TPSA) is 29.1 Å². The predicted octanol–water partition coefficient (Wildman–Crippen LogP) is 4.29. The molecule has 1 amide bonds. The number of hydrogen-bond donors (Lipinski definition) is 1. The van der Waals surface area contributed by atoms with Crippen LogP contribution in [0.4, 0.5) is 4.39 Å². The highest BCUT2D eigenvalue weighted by Crippen LogP contribution is 2.55. The van der Waals surface area contributed by atoms with Crippen LogP contribution in [0.15, 0.2) is 22.7 Å². The molecule has 1 aromatic rings. The van der Waals surface area contributed by atoms with Crippen LogP contribution < -0.4 is 5.32 Å². The molecule has 1 aromatic carbocycles. The summed E-state index contributed by atoms with van der Waals surface area (Å²) in [6.45, 7) is 0. The smallest absolute Gasteiger partial charge is 0.255 e. The van der Waals surface area contributed by atoms with E-state index in [4.69, 9.17) is 0 Å². The average Bonchev–Trinajstić information content (AvgIpc) is 2.35. The molecule has 0 heterocycles. The summed E-state index contributed by atoms with van der Waals surface area (Å²) in [5.74, 6) is 1.58. The molecule has 4 aliphatic carbocycles. The van der Waals surface area contributed by atoms with Crippen LogP contribution in [0, 0.1) is 23.6 Å². The molecule has 0 saturated heterocycles. The molecular weight excluding hydrogens is 333 g/mol. The fourth-order valence-corrected chi connectivity index (χ4v) is 5.80. The lowest BCUT2D eigenvalue weighted by atomic mass is 9.53. The van der Waals surface area contributed by atoms with Crippen molar-refractivity contribution in [3.05, 3.63) is 34.1 Å². The van der Waals surface area contributed by atoms with Gasteiger partial charge < -0.3 is 5.32 Å². The molecule has 0 aliphatic heterocycles. The summed E-state index contributed by atoms with van der Waals surface area (Å²) < 4.78 is 14.5. The summed E-state index contributed by atoms with van der Waals surface area (Å²) >= 11 is 3.30. The van der Waals surface area contributed by atoms with Gasteiger partial charge in [0.05, 0.1) is 5.56 Å². The summed E-state index contributed by atoms with van der Waals surface area (Å²) in [4.78, 5) is 12.6. The average molecular weight is 352 g/mol. The maximum atomic E-state index is 14.0. The van der Waals surface area contributed by atoms with Gasteiger partial charge in [0.25, 0.3) is 5.91 Å². The predicted molar refractivity (Wildman–Crippen MR) is 82.5 cm³/mol. The zero-order valence-electron chi connectivity index (χ0n) is 11.9. The number of carbonyl (C=O) groups is 1. The van der Waals surface area contributed by atoms with E-state index in [1.165, 1.54) is 25.3 Å². The van der Waals surface area contributed by atoms with Crippen molar-refractivity contribution in [3.63, 3.8) is 0 Å². The quantitative estimate of drug-likeness (QED) is 0.846. The highest BCUT2D eigenvalue weighted by molar-refractivity contribution is 9.10. The second-order valence-corrected chi connectivity index (χ2v) is 8.10. The molecule has 5 rings (SSSR count). The highest BCUT2D eigenvalue weighted by Gasteiger charge is 2.51. The van der Waals surface area contributed by atoms with Gasteiger partial charge in [-0.2, -0.15) is 0 Å². The Bertz CT molecular complexity index is 545. The summed E-state index contributed by atoms with van der Waals surface area (Å²) in [6.07, 6.45) is 7.24. The van der Waals surface area contributed by atoms with Crippen molar-refractivity contribution in [3.8, 4) is 0 Å². The fourth-order valence-electron chi connectivity index (χ4n) is 5.28. The Balaban J connectivity index is 1.60. The molecule has 4 fully saturated rings. The molecule has 21 heavy (non-hydrogen) atoms. The Morgan fingerprint density at radius 2 is 1.71 bits per heavy atom. The van der Waals surface area contributed by atoms with Gasteiger partial charge >= 0.3 is 0 Å². The van der Waals surface area contributed by atoms with Crippen molar-refractivity contribution >= 4 is 21.8 Å². The zero-order chi connectivity index (χ0) is 14.6. The third-order valence-electron chi connectivity index (χ3n) is 5.61. The first kappa shape index (κ1) is 13.7. The number of rotatable bonds is 2. The van der Waals surface area contributed by atoms with E-state index in [1.807, 2.05) is 0 Å². The number of nitrogens with one attached hydrogen (secondary N) is 1. The number of hydrogen-bond acceptors (Lipinski definition) is 1. The maximum Gasteiger partial charge on any atom is 0.255 e. The van der Waals surface area contributed by atoms with Crippen LogP contribution >= 0.6 is 15.9 Å². The van der Waals surface area contributed by atoms with Crippen molar-refractivity contribution in [2.24, 2.45) is 17.8 Å². The van der Waals surface area contributed by atoms with Gasteiger partial charge in [-0.25, -0.2) is 4.39 Å². The second-order valence-electron chi connectivity index (χ2n) is 7.25. The van der Waals surface area contributed by atoms with Crippen LogP contribution in [0.2, 0.25) is 0 Å². The van der Waals surface area contributed by atoms with Gasteiger partial charge in [-0.3, -0.25) is 4.79 Å². The van der Waals surface area contributed by atoms with Gasteiger partial charge in [-0.05, 0) is 84.3 Å². The third kappa shape index (κ3) is 2.32. The molecule has 0 spiro atoms. The Morgan fingerprint density at radius 3 is 2.24 bits per heavy atom. The van der Waals surface area contributed by atoms with Crippen LogP contribution in [0.3, 0.4) is 0 Å². The third-order valence-corrected chi connectivity index (χ3v) is 6.27. The molecule has 1 N–H and O–H groups in total. The van der Waals surface area contributed by atoms with E-state index in [0.29, 0.717) is 4.47 Å². The SMILES string of the molecule is O=C(NC12CC3CC(CC(C3)C1)C2)c1c(F)cccc1Br. The van der Waals surface area contributed by atoms with E-state index in [0.717, 1.165) is 37.0 Å². The van der Waals surface area contributed by atoms with E-state index < -0.39 is 5.82 Å². The van der Waals surface area contributed by atoms with Gasteiger partial charge in [-0.15, -0.1) is 0 Å². The van der Waals surface area contributed by atoms with E-state index >= 15 is 0 Å². The van der Waals surface area contributed by atoms with Gasteiger partial charge in [0, 0.05) is 10.0 Å². The number of halogens is 2. The Hall–Kier alpha value is -0.900. The van der Waals surface area contributed by atoms with Gasteiger partial charge in [0.1, 0.15) is 5.82 Å². The molecule has 4 bridgehead atoms. The molecule has 4 saturated carbocycles. The lowest BCUT2D eigenvalue weighted by Crippen LogP contribution is -2.59. The highest BCUT2D eigenvalue weighted by atomic mass is 79.9. The van der Waals surface area contributed by atoms with Crippen molar-refractivity contribution in [2.75, 3.05) is 0 Å². The Morgan fingerprint density at radius 1 is 1.14 bits per heavy atom. The monoisotopic (exact) mass is 351 g/mol. The van der Waals surface area contributed by atoms with E-state index in [2.05, 4.69) is 21.2 Å². The number of carbonyl (C=O) groups excluding carboxylic acids is 1. The van der Waals surface area contributed by atoms with E-state index in [-0.39, 0.29) is 17.0 Å². The molecule has 0 radical (unpaired) electrons. The normalized spacial score (nSPS) is 36.8. The fraction of sp³-hybridized carbons (Fsp3) is 0.588. The second kappa shape index (κ2) is 4.80. The van der Waals surface area contributed by atoms with Crippen molar-refractivity contribution in [1.82, 2.24) is 5.32 Å². The van der Waals surface area contributed by atoms with Crippen LogP contribution in [0.25, 0.3) is 0 Å². The van der Waals surface area contributed by atoms with Crippen LogP contribution in [-0.4, -0.2) is 11.4 Å². The molecular formula is C17H19BrFNO. The molecule has 112 valence electrons. The first-order valence-corrected chi connectivity index (χ1v) is 8.60. The minimum Gasteiger partial charge on any atom is -0.346 e. The largest absolute Gasteiger partial charge is 0.346 e. The first-order chi connectivity index (χ1) is 10.0. The molecule has 4 heteroatoms. The Labute approximate surface area is 132 Å². The summed E-state index contributed by atoms with van der Waals surface area (Å²) in [7, 11) is 0. The number of amides is 1.